The molecular weight excluding hydrogens is 363 g/mol. The molecule has 1 aromatic carbocycles. The van der Waals surface area contributed by atoms with E-state index in [-0.39, 0.29) is 26.3 Å². The Bertz CT molecular complexity index is 809. The van der Waals surface area contributed by atoms with E-state index >= 15 is 0 Å². The third kappa shape index (κ3) is 5.15. The molecule has 3 N–H and O–H groups in total. The van der Waals surface area contributed by atoms with Gasteiger partial charge in [0.25, 0.3) is 0 Å². The molecule has 1 aliphatic heterocycles. The van der Waals surface area contributed by atoms with Crippen LogP contribution in [0.5, 0.6) is 0 Å². The molecule has 0 radical (unpaired) electrons. The van der Waals surface area contributed by atoms with E-state index in [0.717, 1.165) is 5.82 Å². The van der Waals surface area contributed by atoms with E-state index < -0.39 is 11.8 Å². The number of hydrogen-bond acceptors (Lipinski definition) is 7. The number of carbonyl (C=O) groups is 1. The first-order chi connectivity index (χ1) is 13.0. The number of benzene rings is 1. The Kier molecular flexibility index (Phi) is 7.25. The molecule has 9 heteroatoms. The number of ether oxygens (including phenoxy) is 1. The van der Waals surface area contributed by atoms with Crippen molar-refractivity contribution in [3.63, 3.8) is 0 Å². The van der Waals surface area contributed by atoms with Crippen LogP contribution in [0.4, 0.5) is 15.9 Å². The number of nitrogens with zero attached hydrogens (tertiary/aromatic N) is 4. The Morgan fingerprint density at radius 2 is 1.93 bits per heavy atom. The van der Waals surface area contributed by atoms with Gasteiger partial charge in [-0.15, -0.1) is 0 Å². The van der Waals surface area contributed by atoms with Gasteiger partial charge in [0.2, 0.25) is 0 Å². The number of anilines is 2. The first kappa shape index (κ1) is 21.1. The average molecular weight is 388 g/mol. The molecule has 1 fully saturated rings. The fourth-order valence-corrected chi connectivity index (χ4v) is 2.92. The van der Waals surface area contributed by atoms with Crippen LogP contribution in [0.15, 0.2) is 36.8 Å². The number of nitrogens with one attached hydrogen (secondary N) is 1. The predicted molar refractivity (Wildman–Crippen MR) is 106 cm³/mol. The van der Waals surface area contributed by atoms with Crippen LogP contribution < -0.4 is 15.5 Å². The molecule has 1 aliphatic rings. The smallest absolute Gasteiger partial charge is 0.313 e. The van der Waals surface area contributed by atoms with Crippen molar-refractivity contribution < 1.29 is 13.9 Å². The lowest BCUT2D eigenvalue weighted by molar-refractivity contribution is -0.143. The van der Waals surface area contributed by atoms with Crippen LogP contribution in [0.2, 0.25) is 0 Å². The Hall–Kier alpha value is -3.23. The average Bonchev–Trinajstić information content (AvgIpc) is 2.67. The van der Waals surface area contributed by atoms with Gasteiger partial charge < -0.3 is 20.3 Å². The Balaban J connectivity index is 0.00000280. The second kappa shape index (κ2) is 9.63. The third-order valence-corrected chi connectivity index (χ3v) is 4.28. The van der Waals surface area contributed by atoms with E-state index in [4.69, 9.17) is 15.9 Å². The Morgan fingerprint density at radius 3 is 2.57 bits per heavy atom. The van der Waals surface area contributed by atoms with Crippen molar-refractivity contribution in [3.8, 4) is 0 Å². The van der Waals surface area contributed by atoms with E-state index in [1.165, 1.54) is 0 Å². The molecular formula is C19H25FN6O2. The monoisotopic (exact) mass is 388 g/mol. The minimum atomic E-state index is -0.648. The van der Waals surface area contributed by atoms with Gasteiger partial charge in [-0.25, -0.2) is 9.37 Å². The molecule has 1 aromatic heterocycles. The minimum Gasteiger partial charge on any atom is -0.460 e. The van der Waals surface area contributed by atoms with Gasteiger partial charge in [0.05, 0.1) is 11.9 Å². The van der Waals surface area contributed by atoms with Gasteiger partial charge in [0.1, 0.15) is 24.7 Å². The van der Waals surface area contributed by atoms with Gasteiger partial charge in [-0.05, 0) is 6.07 Å². The van der Waals surface area contributed by atoms with Gasteiger partial charge >= 0.3 is 5.97 Å². The van der Waals surface area contributed by atoms with Gasteiger partial charge in [-0.1, -0.05) is 19.6 Å². The molecule has 0 amide bonds. The van der Waals surface area contributed by atoms with Crippen LogP contribution in [0.1, 0.15) is 19.4 Å². The van der Waals surface area contributed by atoms with E-state index in [9.17, 15) is 9.18 Å². The van der Waals surface area contributed by atoms with Gasteiger partial charge in [0.15, 0.2) is 5.82 Å². The summed E-state index contributed by atoms with van der Waals surface area (Å²) in [5.41, 5.74) is 5.93. The summed E-state index contributed by atoms with van der Waals surface area (Å²) >= 11 is 0. The molecule has 1 saturated heterocycles. The SMILES string of the molecule is C.N=C(N)CC(=O)OCc1cccc(N2CCN(c3cnccn3)CC2)c1F. The first-order valence-corrected chi connectivity index (χ1v) is 8.56. The zero-order valence-electron chi connectivity index (χ0n) is 14.8. The van der Waals surface area contributed by atoms with E-state index in [2.05, 4.69) is 14.9 Å². The highest BCUT2D eigenvalue weighted by atomic mass is 19.1. The summed E-state index contributed by atoms with van der Waals surface area (Å²) in [6, 6.07) is 5.03. The largest absolute Gasteiger partial charge is 0.460 e. The topological polar surface area (TPSA) is 108 Å². The summed E-state index contributed by atoms with van der Waals surface area (Å²) in [4.78, 5) is 23.9. The number of rotatable bonds is 6. The number of esters is 1. The Morgan fingerprint density at radius 1 is 1.21 bits per heavy atom. The number of amidine groups is 1. The molecule has 0 saturated carbocycles. The molecule has 2 heterocycles. The molecule has 0 bridgehead atoms. The molecule has 150 valence electrons. The molecule has 8 nitrogen and oxygen atoms in total. The fourth-order valence-electron chi connectivity index (χ4n) is 2.92. The molecule has 0 spiro atoms. The van der Waals surface area contributed by atoms with Crippen LogP contribution in [0.3, 0.4) is 0 Å². The summed E-state index contributed by atoms with van der Waals surface area (Å²) in [5, 5.41) is 7.08. The normalized spacial score (nSPS) is 13.6. The fraction of sp³-hybridized carbons (Fsp3) is 0.368. The lowest BCUT2D eigenvalue weighted by Crippen LogP contribution is -2.47. The van der Waals surface area contributed by atoms with Crippen LogP contribution in [0.25, 0.3) is 0 Å². The molecule has 2 aromatic rings. The number of carbonyl (C=O) groups excluding carboxylic acids is 1. The Labute approximate surface area is 163 Å². The maximum absolute atomic E-state index is 14.9. The number of piperazine rings is 1. The summed E-state index contributed by atoms with van der Waals surface area (Å²) in [6.07, 6.45) is 4.69. The number of hydrogen-bond donors (Lipinski definition) is 2. The molecule has 0 unspecified atom stereocenters. The summed E-state index contributed by atoms with van der Waals surface area (Å²) in [6.45, 7) is 2.50. The van der Waals surface area contributed by atoms with Crippen LogP contribution in [-0.2, 0) is 16.1 Å². The first-order valence-electron chi connectivity index (χ1n) is 8.56. The van der Waals surface area contributed by atoms with Crippen LogP contribution >= 0.6 is 0 Å². The molecule has 3 rings (SSSR count). The molecule has 0 aliphatic carbocycles. The lowest BCUT2D eigenvalue weighted by atomic mass is 10.1. The summed E-state index contributed by atoms with van der Waals surface area (Å²) in [5.74, 6) is -0.523. The summed E-state index contributed by atoms with van der Waals surface area (Å²) in [7, 11) is 0. The zero-order chi connectivity index (χ0) is 19.2. The second-order valence-electron chi connectivity index (χ2n) is 6.15. The lowest BCUT2D eigenvalue weighted by Gasteiger charge is -2.36. The molecule has 28 heavy (non-hydrogen) atoms. The van der Waals surface area contributed by atoms with Crippen LogP contribution in [0, 0.1) is 11.2 Å². The van der Waals surface area contributed by atoms with E-state index in [1.54, 1.807) is 36.8 Å². The van der Waals surface area contributed by atoms with Crippen molar-refractivity contribution in [1.82, 2.24) is 9.97 Å². The van der Waals surface area contributed by atoms with Crippen molar-refractivity contribution in [2.75, 3.05) is 36.0 Å². The van der Waals surface area contributed by atoms with Gasteiger partial charge in [-0.2, -0.15) is 0 Å². The van der Waals surface area contributed by atoms with Gasteiger partial charge in [0, 0.05) is 44.1 Å². The second-order valence-corrected chi connectivity index (χ2v) is 6.15. The summed E-state index contributed by atoms with van der Waals surface area (Å²) < 4.78 is 19.8. The molecule has 0 atom stereocenters. The van der Waals surface area contributed by atoms with Crippen LogP contribution in [-0.4, -0.2) is 48.0 Å². The van der Waals surface area contributed by atoms with Crippen molar-refractivity contribution >= 4 is 23.3 Å². The highest BCUT2D eigenvalue weighted by molar-refractivity contribution is 5.94. The quantitative estimate of drug-likeness (QED) is 0.442. The van der Waals surface area contributed by atoms with Gasteiger partial charge in [-0.3, -0.25) is 15.2 Å². The van der Waals surface area contributed by atoms with E-state index in [0.29, 0.717) is 37.4 Å². The zero-order valence-corrected chi connectivity index (χ0v) is 14.8. The van der Waals surface area contributed by atoms with Crippen molar-refractivity contribution in [2.24, 2.45) is 5.73 Å². The number of nitrogens with two attached hydrogens (primary N) is 1. The van der Waals surface area contributed by atoms with E-state index in [1.807, 2.05) is 4.90 Å². The number of aromatic nitrogens is 2. The maximum atomic E-state index is 14.9. The number of halogens is 1. The van der Waals surface area contributed by atoms with Crippen molar-refractivity contribution in [1.29, 1.82) is 5.41 Å². The standard InChI is InChI=1S/C18H21FN6O2.CH4/c19-18-13(12-27-17(26)10-15(20)21)2-1-3-14(18)24-6-8-25(9-7-24)16-11-22-4-5-23-16;/h1-5,11H,6-10,12H2,(H3,20,21);1H4. The van der Waals surface area contributed by atoms with Crippen molar-refractivity contribution in [3.05, 3.63) is 48.2 Å². The highest BCUT2D eigenvalue weighted by Crippen LogP contribution is 2.25. The minimum absolute atomic E-state index is 0. The predicted octanol–water partition coefficient (Wildman–Crippen LogP) is 1.95. The third-order valence-electron chi connectivity index (χ3n) is 4.28. The maximum Gasteiger partial charge on any atom is 0.313 e. The highest BCUT2D eigenvalue weighted by Gasteiger charge is 2.22. The van der Waals surface area contributed by atoms with Crippen molar-refractivity contribution in [2.45, 2.75) is 20.5 Å².